The van der Waals surface area contributed by atoms with Crippen LogP contribution in [0.2, 0.25) is 0 Å². The Morgan fingerprint density at radius 3 is 2.60 bits per heavy atom. The van der Waals surface area contributed by atoms with Crippen LogP contribution in [-0.4, -0.2) is 76.6 Å². The Morgan fingerprint density at radius 2 is 1.82 bits per heavy atom. The quantitative estimate of drug-likeness (QED) is 0.391. The predicted octanol–water partition coefficient (Wildman–Crippen LogP) is 3.00. The van der Waals surface area contributed by atoms with Gasteiger partial charge in [0.2, 0.25) is 11.8 Å². The summed E-state index contributed by atoms with van der Waals surface area (Å²) in [6.07, 6.45) is 3.19. The van der Waals surface area contributed by atoms with E-state index in [9.17, 15) is 13.2 Å². The van der Waals surface area contributed by atoms with E-state index in [1.165, 1.54) is 12.1 Å². The number of hydrogen-bond donors (Lipinski definition) is 2. The molecule has 0 saturated carbocycles. The lowest BCUT2D eigenvalue weighted by Gasteiger charge is -2.25. The summed E-state index contributed by atoms with van der Waals surface area (Å²) in [4.78, 5) is 26.5. The highest BCUT2D eigenvalue weighted by Crippen LogP contribution is 2.30. The monoisotopic (exact) mass is 559 g/mol. The molecule has 2 aliphatic rings. The Kier molecular flexibility index (Phi) is 6.72. The second-order valence-electron chi connectivity index (χ2n) is 10.1. The molecule has 11 nitrogen and oxygen atoms in total. The van der Waals surface area contributed by atoms with E-state index in [4.69, 9.17) is 4.74 Å². The van der Waals surface area contributed by atoms with Crippen LogP contribution >= 0.6 is 0 Å². The van der Waals surface area contributed by atoms with Crippen LogP contribution < -0.4 is 9.46 Å². The van der Waals surface area contributed by atoms with Crippen molar-refractivity contribution in [1.82, 2.24) is 30.0 Å². The van der Waals surface area contributed by atoms with Gasteiger partial charge >= 0.3 is 0 Å². The lowest BCUT2D eigenvalue weighted by atomic mass is 10.00. The number of hydrogen-bond acceptors (Lipinski definition) is 8. The molecule has 6 bridgehead atoms. The van der Waals surface area contributed by atoms with Gasteiger partial charge in [-0.05, 0) is 43.2 Å². The van der Waals surface area contributed by atoms with Gasteiger partial charge in [0.25, 0.3) is 15.9 Å². The van der Waals surface area contributed by atoms with Crippen LogP contribution in [0.15, 0.2) is 65.8 Å². The Hall–Kier alpha value is -4.29. The molecule has 1 unspecified atom stereocenters. The van der Waals surface area contributed by atoms with Gasteiger partial charge in [-0.15, -0.1) is 0 Å². The first-order valence-electron chi connectivity index (χ1n) is 13.0. The summed E-state index contributed by atoms with van der Waals surface area (Å²) in [7, 11) is -4.09. The molecule has 0 radical (unpaired) electrons. The molecule has 2 aliphatic heterocycles. The molecule has 1 fully saturated rings. The van der Waals surface area contributed by atoms with E-state index in [2.05, 4.69) is 29.8 Å². The van der Waals surface area contributed by atoms with E-state index in [1.807, 2.05) is 38.2 Å². The molecule has 2 aromatic heterocycles. The fourth-order valence-corrected chi connectivity index (χ4v) is 6.26. The second-order valence-corrected chi connectivity index (χ2v) is 11.8. The van der Waals surface area contributed by atoms with Crippen molar-refractivity contribution < 1.29 is 17.9 Å². The fourth-order valence-electron chi connectivity index (χ4n) is 5.27. The number of sulfonamides is 1. The third-order valence-corrected chi connectivity index (χ3v) is 8.49. The lowest BCUT2D eigenvalue weighted by Crippen LogP contribution is -2.40. The zero-order valence-corrected chi connectivity index (χ0v) is 23.0. The number of aromatic nitrogens is 4. The zero-order valence-electron chi connectivity index (χ0n) is 22.2. The van der Waals surface area contributed by atoms with Gasteiger partial charge < -0.3 is 9.64 Å². The van der Waals surface area contributed by atoms with E-state index in [0.717, 1.165) is 22.3 Å². The maximum Gasteiger partial charge on any atom is 0.264 e. The topological polar surface area (TPSA) is 133 Å². The smallest absolute Gasteiger partial charge is 0.264 e. The third kappa shape index (κ3) is 5.27. The van der Waals surface area contributed by atoms with Crippen molar-refractivity contribution in [1.29, 1.82) is 0 Å². The molecule has 1 atom stereocenters. The third-order valence-electron chi connectivity index (χ3n) is 7.16. The van der Waals surface area contributed by atoms with Gasteiger partial charge in [0.05, 0.1) is 23.3 Å². The number of carbonyl (C=O) groups excluding carboxylic acids is 1. The number of aryl methyl sites for hydroxylation is 2. The number of rotatable bonds is 3. The van der Waals surface area contributed by atoms with E-state index >= 15 is 0 Å². The molecule has 2 N–H and O–H groups in total. The molecule has 12 heteroatoms. The van der Waals surface area contributed by atoms with Gasteiger partial charge in [-0.1, -0.05) is 24.3 Å². The van der Waals surface area contributed by atoms with E-state index in [-0.39, 0.29) is 28.2 Å². The van der Waals surface area contributed by atoms with Gasteiger partial charge in [0.1, 0.15) is 6.10 Å². The van der Waals surface area contributed by atoms with Gasteiger partial charge in [-0.3, -0.25) is 14.8 Å². The maximum absolute atomic E-state index is 13.6. The summed E-state index contributed by atoms with van der Waals surface area (Å²) in [6, 6.07) is 13.7. The number of amides is 1. The first-order chi connectivity index (χ1) is 19.2. The normalized spacial score (nSPS) is 18.9. The Morgan fingerprint density at radius 1 is 1.02 bits per heavy atom. The summed E-state index contributed by atoms with van der Waals surface area (Å²) < 4.78 is 35.7. The Labute approximate surface area is 232 Å². The van der Waals surface area contributed by atoms with Gasteiger partial charge in [0.15, 0.2) is 0 Å². The summed E-state index contributed by atoms with van der Waals surface area (Å²) in [5, 5.41) is 6.89. The highest BCUT2D eigenvalue weighted by molar-refractivity contribution is 7.92. The van der Waals surface area contributed by atoms with Crippen LogP contribution in [0.3, 0.4) is 0 Å². The van der Waals surface area contributed by atoms with Crippen molar-refractivity contribution in [2.24, 2.45) is 0 Å². The minimum absolute atomic E-state index is 0.0471. The average molecular weight is 560 g/mol. The SMILES string of the molecule is Cc1cccc(C)c1-c1cc2nc(n1)NS(=O)(=O)c1cccc(c1)C(=O)N1CCN(Cc3cn[nH]c3)CC(C1)O2. The number of ether oxygens (including phenoxy) is 1. The molecular weight excluding hydrogens is 530 g/mol. The summed E-state index contributed by atoms with van der Waals surface area (Å²) in [6.45, 7) is 6.49. The number of nitrogens with one attached hydrogen (secondary N) is 2. The molecule has 206 valence electrons. The highest BCUT2D eigenvalue weighted by Gasteiger charge is 2.30. The minimum atomic E-state index is -4.09. The molecule has 6 rings (SSSR count). The van der Waals surface area contributed by atoms with Gasteiger partial charge in [0, 0.05) is 55.1 Å². The van der Waals surface area contributed by atoms with Crippen molar-refractivity contribution >= 4 is 21.9 Å². The number of carbonyl (C=O) groups is 1. The Bertz CT molecular complexity index is 1650. The van der Waals surface area contributed by atoms with E-state index in [0.29, 0.717) is 38.4 Å². The number of fused-ring (bicyclic) bond motifs is 6. The van der Waals surface area contributed by atoms with Crippen LogP contribution in [-0.2, 0) is 16.6 Å². The second kappa shape index (κ2) is 10.4. The number of aromatic amines is 1. The zero-order chi connectivity index (χ0) is 27.9. The molecule has 2 aromatic carbocycles. The van der Waals surface area contributed by atoms with Crippen LogP contribution in [0, 0.1) is 13.8 Å². The molecule has 4 aromatic rings. The number of nitrogens with zero attached hydrogens (tertiary/aromatic N) is 5. The largest absolute Gasteiger partial charge is 0.471 e. The minimum Gasteiger partial charge on any atom is -0.471 e. The Balaban J connectivity index is 1.47. The molecule has 0 aliphatic carbocycles. The number of anilines is 1. The average Bonchev–Trinajstić information content (AvgIpc) is 3.34. The van der Waals surface area contributed by atoms with Crippen molar-refractivity contribution in [3.05, 3.63) is 83.2 Å². The lowest BCUT2D eigenvalue weighted by molar-refractivity contribution is 0.0690. The standard InChI is InChI=1S/C28H29N7O4S/c1-18-5-3-6-19(2)26(18)24-12-25-32-28(31-24)33-40(37,38)23-8-4-7-21(11-23)27(36)35-10-9-34(16-22(17-35)39-25)15-20-13-29-30-14-20/h3-8,11-14,22H,9-10,15-17H2,1-2H3,(H,29,30)(H,31,32,33). The molecule has 1 saturated heterocycles. The van der Waals surface area contributed by atoms with Gasteiger partial charge in [-0.2, -0.15) is 10.1 Å². The van der Waals surface area contributed by atoms with Crippen LogP contribution in [0.5, 0.6) is 5.88 Å². The first kappa shape index (κ1) is 26.0. The van der Waals surface area contributed by atoms with Crippen molar-refractivity contribution in [2.75, 3.05) is 30.9 Å². The summed E-state index contributed by atoms with van der Waals surface area (Å²) in [5.74, 6) is -0.144. The summed E-state index contributed by atoms with van der Waals surface area (Å²) in [5.41, 5.74) is 4.70. The molecule has 4 heterocycles. The predicted molar refractivity (Wildman–Crippen MR) is 148 cm³/mol. The maximum atomic E-state index is 13.6. The van der Waals surface area contributed by atoms with Crippen molar-refractivity contribution in [3.8, 4) is 17.1 Å². The van der Waals surface area contributed by atoms with Crippen LogP contribution in [0.1, 0.15) is 27.0 Å². The van der Waals surface area contributed by atoms with Crippen LogP contribution in [0.4, 0.5) is 5.95 Å². The van der Waals surface area contributed by atoms with Crippen LogP contribution in [0.25, 0.3) is 11.3 Å². The number of H-pyrrole nitrogens is 1. The van der Waals surface area contributed by atoms with Crippen molar-refractivity contribution in [2.45, 2.75) is 31.4 Å². The molecule has 40 heavy (non-hydrogen) atoms. The highest BCUT2D eigenvalue weighted by atomic mass is 32.2. The van der Waals surface area contributed by atoms with E-state index in [1.54, 1.807) is 29.3 Å². The fraction of sp³-hybridized carbons (Fsp3) is 0.286. The summed E-state index contributed by atoms with van der Waals surface area (Å²) >= 11 is 0. The van der Waals surface area contributed by atoms with E-state index < -0.39 is 16.1 Å². The van der Waals surface area contributed by atoms with Gasteiger partial charge in [-0.25, -0.2) is 18.1 Å². The van der Waals surface area contributed by atoms with Crippen molar-refractivity contribution in [3.63, 3.8) is 0 Å². The molecule has 0 spiro atoms. The molecular formula is C28H29N7O4S. The number of benzene rings is 2. The first-order valence-corrected chi connectivity index (χ1v) is 14.5. The molecule has 1 amide bonds.